The van der Waals surface area contributed by atoms with Gasteiger partial charge >= 0.3 is 0 Å². The number of halogens is 2. The van der Waals surface area contributed by atoms with Gasteiger partial charge in [-0.05, 0) is 37.3 Å². The van der Waals surface area contributed by atoms with E-state index < -0.39 is 17.0 Å². The molecule has 1 amide bonds. The van der Waals surface area contributed by atoms with Crippen molar-refractivity contribution < 1.29 is 13.6 Å². The second kappa shape index (κ2) is 8.09. The first-order chi connectivity index (χ1) is 11.3. The van der Waals surface area contributed by atoms with Gasteiger partial charge in [0, 0.05) is 24.1 Å². The third-order valence-electron chi connectivity index (χ3n) is 4.78. The van der Waals surface area contributed by atoms with E-state index in [-0.39, 0.29) is 5.91 Å². The van der Waals surface area contributed by atoms with Crippen molar-refractivity contribution in [2.75, 3.05) is 6.54 Å². The average Bonchev–Trinajstić information content (AvgIpc) is 2.53. The molecule has 0 aromatic heterocycles. The van der Waals surface area contributed by atoms with Gasteiger partial charge in [-0.2, -0.15) is 0 Å². The van der Waals surface area contributed by atoms with Gasteiger partial charge in [0.2, 0.25) is 5.91 Å². The molecule has 0 atom stereocenters. The van der Waals surface area contributed by atoms with E-state index in [0.29, 0.717) is 31.0 Å². The fourth-order valence-electron chi connectivity index (χ4n) is 3.44. The molecule has 4 heteroatoms. The van der Waals surface area contributed by atoms with Gasteiger partial charge in [-0.15, -0.1) is 0 Å². The monoisotopic (exact) mass is 337 g/mol. The van der Waals surface area contributed by atoms with Crippen LogP contribution in [0.4, 0.5) is 8.78 Å². The molecule has 134 valence electrons. The Morgan fingerprint density at radius 1 is 1.17 bits per heavy atom. The number of hydrogen-bond acceptors (Lipinski definition) is 1. The van der Waals surface area contributed by atoms with E-state index in [1.54, 1.807) is 0 Å². The van der Waals surface area contributed by atoms with E-state index in [9.17, 15) is 13.6 Å². The van der Waals surface area contributed by atoms with E-state index in [1.165, 1.54) is 31.4 Å². The molecule has 0 spiro atoms. The number of nitrogens with zero attached hydrogens (tertiary/aromatic N) is 1. The van der Waals surface area contributed by atoms with Crippen molar-refractivity contribution in [2.24, 2.45) is 5.41 Å². The minimum absolute atomic E-state index is 0.175. The van der Waals surface area contributed by atoms with E-state index in [0.717, 1.165) is 18.9 Å². The van der Waals surface area contributed by atoms with Crippen LogP contribution in [0.3, 0.4) is 0 Å². The van der Waals surface area contributed by atoms with Gasteiger partial charge in [0.15, 0.2) is 0 Å². The Labute approximate surface area is 144 Å². The second-order valence-electron chi connectivity index (χ2n) is 7.88. The van der Waals surface area contributed by atoms with Gasteiger partial charge in [0.1, 0.15) is 11.6 Å². The van der Waals surface area contributed by atoms with Gasteiger partial charge in [-0.25, -0.2) is 8.78 Å². The zero-order valence-electron chi connectivity index (χ0n) is 15.1. The zero-order chi connectivity index (χ0) is 17.7. The lowest BCUT2D eigenvalue weighted by Crippen LogP contribution is -2.47. The van der Waals surface area contributed by atoms with Gasteiger partial charge in [0.25, 0.3) is 0 Å². The molecule has 0 aliphatic heterocycles. The number of carbonyl (C=O) groups excluding carboxylic acids is 1. The zero-order valence-corrected chi connectivity index (χ0v) is 15.1. The molecule has 1 aliphatic carbocycles. The number of hydrogen-bond donors (Lipinski definition) is 0. The van der Waals surface area contributed by atoms with Crippen molar-refractivity contribution in [3.8, 4) is 0 Å². The molecule has 24 heavy (non-hydrogen) atoms. The predicted octanol–water partition coefficient (Wildman–Crippen LogP) is 5.10. The summed E-state index contributed by atoms with van der Waals surface area (Å²) in [5.74, 6) is -0.877. The topological polar surface area (TPSA) is 20.3 Å². The first-order valence-electron chi connectivity index (χ1n) is 9.04. The summed E-state index contributed by atoms with van der Waals surface area (Å²) in [4.78, 5) is 14.8. The summed E-state index contributed by atoms with van der Waals surface area (Å²) in [7, 11) is 0. The molecule has 0 bridgehead atoms. The fraction of sp³-hybridized carbons (Fsp3) is 0.650. The SMILES string of the molecule is CC(C)(C)C(=O)N(CCCc1ccc(F)cc1F)C1CCCCC1. The van der Waals surface area contributed by atoms with Gasteiger partial charge < -0.3 is 4.90 Å². The predicted molar refractivity (Wildman–Crippen MR) is 92.7 cm³/mol. The highest BCUT2D eigenvalue weighted by atomic mass is 19.1. The largest absolute Gasteiger partial charge is 0.339 e. The molecule has 0 heterocycles. The van der Waals surface area contributed by atoms with Crippen LogP contribution in [0.2, 0.25) is 0 Å². The molecule has 0 N–H and O–H groups in total. The minimum atomic E-state index is -0.553. The molecule has 2 rings (SSSR count). The van der Waals surface area contributed by atoms with E-state index in [2.05, 4.69) is 0 Å². The van der Waals surface area contributed by atoms with Crippen LogP contribution in [0.15, 0.2) is 18.2 Å². The molecular formula is C20H29F2NO. The maximum Gasteiger partial charge on any atom is 0.228 e. The molecule has 2 nitrogen and oxygen atoms in total. The number of rotatable bonds is 5. The Morgan fingerprint density at radius 3 is 2.42 bits per heavy atom. The van der Waals surface area contributed by atoms with Crippen LogP contribution >= 0.6 is 0 Å². The molecule has 1 aliphatic rings. The van der Waals surface area contributed by atoms with Crippen molar-refractivity contribution >= 4 is 5.91 Å². The summed E-state index contributed by atoms with van der Waals surface area (Å²) in [6, 6.07) is 4.02. The van der Waals surface area contributed by atoms with Crippen LogP contribution in [0.5, 0.6) is 0 Å². The summed E-state index contributed by atoms with van der Waals surface area (Å²) in [5.41, 5.74) is 0.113. The Morgan fingerprint density at radius 2 is 1.83 bits per heavy atom. The van der Waals surface area contributed by atoms with Crippen molar-refractivity contribution in [1.82, 2.24) is 4.90 Å². The molecular weight excluding hydrogens is 308 g/mol. The maximum atomic E-state index is 13.8. The lowest BCUT2D eigenvalue weighted by molar-refractivity contribution is -0.142. The maximum absolute atomic E-state index is 13.8. The fourth-order valence-corrected chi connectivity index (χ4v) is 3.44. The van der Waals surface area contributed by atoms with Crippen LogP contribution < -0.4 is 0 Å². The highest BCUT2D eigenvalue weighted by molar-refractivity contribution is 5.81. The number of carbonyl (C=O) groups is 1. The molecule has 1 aromatic rings. The highest BCUT2D eigenvalue weighted by Crippen LogP contribution is 2.27. The molecule has 0 radical (unpaired) electrons. The lowest BCUT2D eigenvalue weighted by atomic mass is 9.89. The number of benzene rings is 1. The van der Waals surface area contributed by atoms with Gasteiger partial charge in [-0.3, -0.25) is 4.79 Å². The number of aryl methyl sites for hydroxylation is 1. The first-order valence-corrected chi connectivity index (χ1v) is 9.04. The third-order valence-corrected chi connectivity index (χ3v) is 4.78. The summed E-state index contributed by atoms with van der Waals surface area (Å²) < 4.78 is 26.7. The van der Waals surface area contributed by atoms with Crippen molar-refractivity contribution in [1.29, 1.82) is 0 Å². The summed E-state index contributed by atoms with van der Waals surface area (Å²) in [6.45, 7) is 6.48. The van der Waals surface area contributed by atoms with Crippen LogP contribution in [0.25, 0.3) is 0 Å². The van der Waals surface area contributed by atoms with E-state index in [4.69, 9.17) is 0 Å². The smallest absolute Gasteiger partial charge is 0.228 e. The van der Waals surface area contributed by atoms with Crippen molar-refractivity contribution in [3.63, 3.8) is 0 Å². The standard InChI is InChI=1S/C20H29F2NO/c1-20(2,3)19(24)23(17-9-5-4-6-10-17)13-7-8-15-11-12-16(21)14-18(15)22/h11-12,14,17H,4-10,13H2,1-3H3. The normalized spacial score (nSPS) is 16.2. The minimum Gasteiger partial charge on any atom is -0.339 e. The first kappa shape index (κ1) is 18.9. The summed E-state index contributed by atoms with van der Waals surface area (Å²) in [5, 5.41) is 0. The Hall–Kier alpha value is -1.45. The Kier molecular flexibility index (Phi) is 6.36. The summed E-state index contributed by atoms with van der Waals surface area (Å²) in [6.07, 6.45) is 6.93. The molecule has 1 fully saturated rings. The third kappa shape index (κ3) is 5.02. The van der Waals surface area contributed by atoms with Crippen LogP contribution in [0, 0.1) is 17.0 Å². The highest BCUT2D eigenvalue weighted by Gasteiger charge is 2.32. The van der Waals surface area contributed by atoms with E-state index >= 15 is 0 Å². The Bertz CT molecular complexity index is 559. The average molecular weight is 337 g/mol. The van der Waals surface area contributed by atoms with Crippen LogP contribution in [-0.2, 0) is 11.2 Å². The van der Waals surface area contributed by atoms with E-state index in [1.807, 2.05) is 25.7 Å². The molecule has 1 aromatic carbocycles. The van der Waals surface area contributed by atoms with Crippen LogP contribution in [0.1, 0.15) is 64.9 Å². The molecule has 1 saturated carbocycles. The summed E-state index contributed by atoms with van der Waals surface area (Å²) >= 11 is 0. The molecule has 0 saturated heterocycles. The van der Waals surface area contributed by atoms with Crippen LogP contribution in [-0.4, -0.2) is 23.4 Å². The van der Waals surface area contributed by atoms with Crippen molar-refractivity contribution in [3.05, 3.63) is 35.4 Å². The quantitative estimate of drug-likeness (QED) is 0.731. The Balaban J connectivity index is 2.00. The number of amides is 1. The van der Waals surface area contributed by atoms with Crippen molar-refractivity contribution in [2.45, 2.75) is 71.8 Å². The lowest BCUT2D eigenvalue weighted by Gasteiger charge is -2.38. The van der Waals surface area contributed by atoms with Gasteiger partial charge in [-0.1, -0.05) is 46.1 Å². The molecule has 0 unspecified atom stereocenters. The second-order valence-corrected chi connectivity index (χ2v) is 7.88. The van der Waals surface area contributed by atoms with Gasteiger partial charge in [0.05, 0.1) is 0 Å².